The molecule has 1 aliphatic rings. The quantitative estimate of drug-likeness (QED) is 0.858. The van der Waals surface area contributed by atoms with Gasteiger partial charge in [-0.25, -0.2) is 0 Å². The van der Waals surface area contributed by atoms with Crippen LogP contribution in [0.3, 0.4) is 0 Å². The summed E-state index contributed by atoms with van der Waals surface area (Å²) in [6, 6.07) is 8.41. The van der Waals surface area contributed by atoms with Crippen LogP contribution in [0, 0.1) is 0 Å². The van der Waals surface area contributed by atoms with Crippen molar-refractivity contribution in [2.45, 2.75) is 20.0 Å². The number of halogens is 1. The van der Waals surface area contributed by atoms with Gasteiger partial charge in [-0.05, 0) is 25.1 Å². The summed E-state index contributed by atoms with van der Waals surface area (Å²) in [5, 5.41) is 2.08. The van der Waals surface area contributed by atoms with Gasteiger partial charge < -0.3 is 9.30 Å². The van der Waals surface area contributed by atoms with Crippen LogP contribution in [-0.4, -0.2) is 35.8 Å². The molecule has 4 heteroatoms. The molecule has 0 saturated carbocycles. The van der Waals surface area contributed by atoms with Crippen molar-refractivity contribution >= 4 is 22.5 Å². The predicted octanol–water partition coefficient (Wildman–Crippen LogP) is 3.15. The molecule has 0 amide bonds. The van der Waals surface area contributed by atoms with E-state index in [0.29, 0.717) is 0 Å². The minimum absolute atomic E-state index is 0.804. The van der Waals surface area contributed by atoms with Crippen molar-refractivity contribution in [3.05, 3.63) is 35.0 Å². The zero-order valence-electron chi connectivity index (χ0n) is 11.2. The van der Waals surface area contributed by atoms with Gasteiger partial charge in [-0.2, -0.15) is 0 Å². The number of hydrogen-bond donors (Lipinski definition) is 0. The Kier molecular flexibility index (Phi) is 3.78. The first-order chi connectivity index (χ1) is 9.28. The number of fused-ring (bicyclic) bond motifs is 1. The maximum absolute atomic E-state index is 6.11. The van der Waals surface area contributed by atoms with Crippen molar-refractivity contribution < 1.29 is 4.74 Å². The minimum Gasteiger partial charge on any atom is -0.379 e. The van der Waals surface area contributed by atoms with Crippen LogP contribution < -0.4 is 0 Å². The van der Waals surface area contributed by atoms with Crippen LogP contribution in [0.5, 0.6) is 0 Å². The number of morpholine rings is 1. The summed E-state index contributed by atoms with van der Waals surface area (Å²) in [7, 11) is 0. The van der Waals surface area contributed by atoms with Crippen molar-refractivity contribution in [1.29, 1.82) is 0 Å². The summed E-state index contributed by atoms with van der Waals surface area (Å²) in [5.74, 6) is 0. The van der Waals surface area contributed by atoms with Crippen molar-refractivity contribution in [2.75, 3.05) is 26.3 Å². The molecule has 2 heterocycles. The molecule has 102 valence electrons. The lowest BCUT2D eigenvalue weighted by molar-refractivity contribution is 0.0332. The lowest BCUT2D eigenvalue weighted by Crippen LogP contribution is -2.36. The van der Waals surface area contributed by atoms with E-state index in [1.54, 1.807) is 0 Å². The molecule has 1 fully saturated rings. The second-order valence-corrected chi connectivity index (χ2v) is 5.41. The highest BCUT2D eigenvalue weighted by molar-refractivity contribution is 6.31. The van der Waals surface area contributed by atoms with Crippen LogP contribution in [0.4, 0.5) is 0 Å². The zero-order chi connectivity index (χ0) is 13.2. The maximum atomic E-state index is 6.11. The molecular weight excluding hydrogens is 260 g/mol. The summed E-state index contributed by atoms with van der Waals surface area (Å²) >= 11 is 6.11. The highest BCUT2D eigenvalue weighted by Gasteiger charge is 2.14. The summed E-state index contributed by atoms with van der Waals surface area (Å²) in [6.07, 6.45) is 0. The number of ether oxygens (including phenoxy) is 1. The van der Waals surface area contributed by atoms with Gasteiger partial charge in [-0.3, -0.25) is 4.90 Å². The standard InChI is InChI=1S/C15H19ClN2O/c1-2-18-14(11-17-5-7-19-8-6-17)9-12-3-4-13(16)10-15(12)18/h3-4,9-10H,2,5-8,11H2,1H3. The number of benzene rings is 1. The van der Waals surface area contributed by atoms with Gasteiger partial charge in [0.15, 0.2) is 0 Å². The van der Waals surface area contributed by atoms with Gasteiger partial charge in [0.25, 0.3) is 0 Å². The molecule has 0 bridgehead atoms. The van der Waals surface area contributed by atoms with E-state index >= 15 is 0 Å². The summed E-state index contributed by atoms with van der Waals surface area (Å²) in [4.78, 5) is 2.45. The highest BCUT2D eigenvalue weighted by atomic mass is 35.5. The van der Waals surface area contributed by atoms with E-state index in [9.17, 15) is 0 Å². The molecule has 0 spiro atoms. The largest absolute Gasteiger partial charge is 0.379 e. The minimum atomic E-state index is 0.804. The van der Waals surface area contributed by atoms with Gasteiger partial charge in [-0.1, -0.05) is 17.7 Å². The molecule has 0 radical (unpaired) electrons. The van der Waals surface area contributed by atoms with Gasteiger partial charge in [-0.15, -0.1) is 0 Å². The Morgan fingerprint density at radius 3 is 2.74 bits per heavy atom. The zero-order valence-corrected chi connectivity index (χ0v) is 12.0. The number of rotatable bonds is 3. The summed E-state index contributed by atoms with van der Waals surface area (Å²) in [6.45, 7) is 7.88. The van der Waals surface area contributed by atoms with E-state index in [1.165, 1.54) is 16.6 Å². The molecule has 1 aromatic heterocycles. The second-order valence-electron chi connectivity index (χ2n) is 4.97. The second kappa shape index (κ2) is 5.53. The van der Waals surface area contributed by atoms with E-state index in [1.807, 2.05) is 6.07 Å². The van der Waals surface area contributed by atoms with E-state index in [4.69, 9.17) is 16.3 Å². The fourth-order valence-corrected chi connectivity index (χ4v) is 2.94. The van der Waals surface area contributed by atoms with Crippen LogP contribution in [0.25, 0.3) is 10.9 Å². The number of hydrogen-bond acceptors (Lipinski definition) is 2. The number of aromatic nitrogens is 1. The Balaban J connectivity index is 1.93. The number of nitrogens with zero attached hydrogens (tertiary/aromatic N) is 2. The third-order valence-corrected chi connectivity index (χ3v) is 3.99. The maximum Gasteiger partial charge on any atom is 0.0594 e. The Hall–Kier alpha value is -1.03. The van der Waals surface area contributed by atoms with Crippen LogP contribution in [0.1, 0.15) is 12.6 Å². The van der Waals surface area contributed by atoms with E-state index in [-0.39, 0.29) is 0 Å². The topological polar surface area (TPSA) is 17.4 Å². The Morgan fingerprint density at radius 2 is 2.00 bits per heavy atom. The number of aryl methyl sites for hydroxylation is 1. The third kappa shape index (κ3) is 2.64. The summed E-state index contributed by atoms with van der Waals surface area (Å²) in [5.41, 5.74) is 2.60. The van der Waals surface area contributed by atoms with Crippen LogP contribution in [0.15, 0.2) is 24.3 Å². The van der Waals surface area contributed by atoms with E-state index in [0.717, 1.165) is 44.4 Å². The molecule has 0 N–H and O–H groups in total. The molecule has 0 atom stereocenters. The van der Waals surface area contributed by atoms with E-state index < -0.39 is 0 Å². The lowest BCUT2D eigenvalue weighted by atomic mass is 10.2. The normalized spacial score (nSPS) is 17.2. The molecule has 3 nitrogen and oxygen atoms in total. The van der Waals surface area contributed by atoms with Crippen molar-refractivity contribution in [3.8, 4) is 0 Å². The Morgan fingerprint density at radius 1 is 1.21 bits per heavy atom. The fourth-order valence-electron chi connectivity index (χ4n) is 2.78. The molecular formula is C15H19ClN2O. The van der Waals surface area contributed by atoms with E-state index in [2.05, 4.69) is 34.6 Å². The van der Waals surface area contributed by atoms with Crippen molar-refractivity contribution in [3.63, 3.8) is 0 Å². The van der Waals surface area contributed by atoms with Crippen LogP contribution in [0.2, 0.25) is 5.02 Å². The van der Waals surface area contributed by atoms with Crippen molar-refractivity contribution in [1.82, 2.24) is 9.47 Å². The molecule has 1 saturated heterocycles. The SMILES string of the molecule is CCn1c(CN2CCOCC2)cc2ccc(Cl)cc21. The molecule has 0 unspecified atom stereocenters. The summed E-state index contributed by atoms with van der Waals surface area (Å²) < 4.78 is 7.76. The van der Waals surface area contributed by atoms with Gasteiger partial charge in [0.1, 0.15) is 0 Å². The molecule has 0 aliphatic carbocycles. The van der Waals surface area contributed by atoms with Crippen LogP contribution >= 0.6 is 11.6 Å². The Bertz CT molecular complexity index is 573. The average Bonchev–Trinajstić information content (AvgIpc) is 2.76. The van der Waals surface area contributed by atoms with Gasteiger partial charge >= 0.3 is 0 Å². The van der Waals surface area contributed by atoms with Crippen molar-refractivity contribution in [2.24, 2.45) is 0 Å². The van der Waals surface area contributed by atoms with Crippen LogP contribution in [-0.2, 0) is 17.8 Å². The molecule has 2 aromatic rings. The molecule has 1 aliphatic heterocycles. The monoisotopic (exact) mass is 278 g/mol. The van der Waals surface area contributed by atoms with Gasteiger partial charge in [0, 0.05) is 47.8 Å². The first-order valence-electron chi connectivity index (χ1n) is 6.85. The molecule has 19 heavy (non-hydrogen) atoms. The first kappa shape index (κ1) is 13.0. The van der Waals surface area contributed by atoms with Gasteiger partial charge in [0.2, 0.25) is 0 Å². The molecule has 3 rings (SSSR count). The smallest absolute Gasteiger partial charge is 0.0594 e. The van der Waals surface area contributed by atoms with Gasteiger partial charge in [0.05, 0.1) is 13.2 Å². The fraction of sp³-hybridized carbons (Fsp3) is 0.467. The highest BCUT2D eigenvalue weighted by Crippen LogP contribution is 2.24. The predicted molar refractivity (Wildman–Crippen MR) is 78.7 cm³/mol. The molecule has 1 aromatic carbocycles. The Labute approximate surface area is 118 Å². The average molecular weight is 279 g/mol. The third-order valence-electron chi connectivity index (χ3n) is 3.76. The lowest BCUT2D eigenvalue weighted by Gasteiger charge is -2.26. The first-order valence-corrected chi connectivity index (χ1v) is 7.23.